The van der Waals surface area contributed by atoms with Crippen LogP contribution in [0.25, 0.3) is 0 Å². The van der Waals surface area contributed by atoms with Crippen LogP contribution < -0.4 is 10.6 Å². The minimum absolute atomic E-state index is 0.393. The van der Waals surface area contributed by atoms with Crippen molar-refractivity contribution in [3.05, 3.63) is 11.9 Å². The summed E-state index contributed by atoms with van der Waals surface area (Å²) in [5.41, 5.74) is -0.722. The molecule has 0 aliphatic heterocycles. The number of carbonyl (C=O) groups excluding carboxylic acids is 1. The van der Waals surface area contributed by atoms with Gasteiger partial charge in [0.15, 0.2) is 5.60 Å². The third-order valence-corrected chi connectivity index (χ3v) is 2.54. The van der Waals surface area contributed by atoms with E-state index in [9.17, 15) is 14.7 Å². The first-order valence-electron chi connectivity index (χ1n) is 5.79. The molecule has 1 unspecified atom stereocenters. The fraction of sp³-hybridized carbons (Fsp3) is 0.545. The quantitative estimate of drug-likeness (QED) is 0.598. The zero-order chi connectivity index (χ0) is 14.6. The van der Waals surface area contributed by atoms with E-state index in [1.807, 2.05) is 6.92 Å². The molecule has 1 aromatic heterocycles. The van der Waals surface area contributed by atoms with E-state index in [1.165, 1.54) is 0 Å². The minimum Gasteiger partial charge on any atom is -0.479 e. The van der Waals surface area contributed by atoms with Crippen LogP contribution in [0.15, 0.2) is 6.20 Å². The highest BCUT2D eigenvalue weighted by Crippen LogP contribution is 2.13. The molecule has 0 aliphatic carbocycles. The fourth-order valence-electron chi connectivity index (χ4n) is 1.39. The van der Waals surface area contributed by atoms with Crippen molar-refractivity contribution in [2.45, 2.75) is 25.9 Å². The lowest BCUT2D eigenvalue weighted by atomic mass is 10.1. The number of nitrogens with one attached hydrogen (secondary N) is 2. The second-order valence-electron chi connectivity index (χ2n) is 4.40. The van der Waals surface area contributed by atoms with Crippen molar-refractivity contribution >= 4 is 17.7 Å². The normalized spacial score (nSPS) is 13.7. The molecule has 0 radical (unpaired) electrons. The summed E-state index contributed by atoms with van der Waals surface area (Å²) < 4.78 is 1.57. The zero-order valence-electron chi connectivity index (χ0n) is 11.1. The van der Waals surface area contributed by atoms with Crippen LogP contribution in [0, 0.1) is 0 Å². The average Bonchev–Trinajstić information content (AvgIpc) is 2.66. The molecule has 0 saturated heterocycles. The number of aryl methyl sites for hydroxylation is 2. The third-order valence-electron chi connectivity index (χ3n) is 2.54. The van der Waals surface area contributed by atoms with Gasteiger partial charge in [-0.3, -0.25) is 4.68 Å². The van der Waals surface area contributed by atoms with E-state index in [4.69, 9.17) is 5.11 Å². The highest BCUT2D eigenvalue weighted by atomic mass is 16.4. The number of aliphatic hydroxyl groups is 1. The minimum atomic E-state index is -2.00. The lowest BCUT2D eigenvalue weighted by Crippen LogP contribution is -2.47. The van der Waals surface area contributed by atoms with Gasteiger partial charge in [-0.2, -0.15) is 5.10 Å². The average molecular weight is 270 g/mol. The van der Waals surface area contributed by atoms with Crippen molar-refractivity contribution in [1.29, 1.82) is 0 Å². The van der Waals surface area contributed by atoms with Crippen molar-refractivity contribution in [3.63, 3.8) is 0 Å². The largest absolute Gasteiger partial charge is 0.479 e. The Bertz CT molecular complexity index is 481. The van der Waals surface area contributed by atoms with Crippen LogP contribution in [-0.2, 0) is 18.3 Å². The van der Waals surface area contributed by atoms with E-state index >= 15 is 0 Å². The topological polar surface area (TPSA) is 116 Å². The number of rotatable bonds is 5. The van der Waals surface area contributed by atoms with Gasteiger partial charge in [0.2, 0.25) is 0 Å². The van der Waals surface area contributed by atoms with Gasteiger partial charge in [-0.25, -0.2) is 9.59 Å². The molecule has 8 heteroatoms. The lowest BCUT2D eigenvalue weighted by molar-refractivity contribution is -0.155. The number of aromatic nitrogens is 2. The Morgan fingerprint density at radius 2 is 2.16 bits per heavy atom. The first-order chi connectivity index (χ1) is 8.76. The van der Waals surface area contributed by atoms with Crippen molar-refractivity contribution in [1.82, 2.24) is 15.1 Å². The summed E-state index contributed by atoms with van der Waals surface area (Å²) in [4.78, 5) is 22.3. The molecule has 0 bridgehead atoms. The number of carbonyl (C=O) groups is 2. The number of hydrogen-bond acceptors (Lipinski definition) is 4. The van der Waals surface area contributed by atoms with Gasteiger partial charge in [0, 0.05) is 13.2 Å². The van der Waals surface area contributed by atoms with Gasteiger partial charge in [-0.1, -0.05) is 6.92 Å². The molecule has 0 saturated carbocycles. The molecule has 0 aliphatic rings. The number of carboxylic acid groups (broad SMARTS) is 1. The Hall–Kier alpha value is -2.09. The highest BCUT2D eigenvalue weighted by molar-refractivity contribution is 5.90. The predicted molar refractivity (Wildman–Crippen MR) is 67.9 cm³/mol. The molecule has 106 valence electrons. The number of nitrogens with zero attached hydrogens (tertiary/aromatic N) is 2. The van der Waals surface area contributed by atoms with Crippen molar-refractivity contribution in [3.8, 4) is 0 Å². The summed E-state index contributed by atoms with van der Waals surface area (Å²) in [5, 5.41) is 27.1. The lowest BCUT2D eigenvalue weighted by Gasteiger charge is -2.18. The van der Waals surface area contributed by atoms with Crippen LogP contribution in [0.1, 0.15) is 19.5 Å². The van der Waals surface area contributed by atoms with Crippen LogP contribution in [0.4, 0.5) is 10.5 Å². The smallest absolute Gasteiger partial charge is 0.337 e. The monoisotopic (exact) mass is 270 g/mol. The second kappa shape index (κ2) is 5.70. The SMILES string of the molecule is CCc1nn(C)cc1NC(=O)NCC(C)(O)C(=O)O. The molecular formula is C11H18N4O4. The summed E-state index contributed by atoms with van der Waals surface area (Å²) >= 11 is 0. The van der Waals surface area contributed by atoms with Crippen LogP contribution in [0.5, 0.6) is 0 Å². The maximum atomic E-state index is 11.6. The summed E-state index contributed by atoms with van der Waals surface area (Å²) in [7, 11) is 1.73. The van der Waals surface area contributed by atoms with E-state index in [0.29, 0.717) is 12.1 Å². The number of anilines is 1. The van der Waals surface area contributed by atoms with Gasteiger partial charge in [-0.05, 0) is 13.3 Å². The summed E-state index contributed by atoms with van der Waals surface area (Å²) in [6.07, 6.45) is 2.30. The number of aliphatic carboxylic acids is 1. The first-order valence-corrected chi connectivity index (χ1v) is 5.79. The van der Waals surface area contributed by atoms with E-state index in [2.05, 4.69) is 15.7 Å². The molecule has 0 spiro atoms. The zero-order valence-corrected chi connectivity index (χ0v) is 11.1. The van der Waals surface area contributed by atoms with Gasteiger partial charge in [0.1, 0.15) is 0 Å². The maximum absolute atomic E-state index is 11.6. The van der Waals surface area contributed by atoms with E-state index in [0.717, 1.165) is 12.6 Å². The molecule has 1 heterocycles. The number of hydrogen-bond donors (Lipinski definition) is 4. The predicted octanol–water partition coefficient (Wildman–Crippen LogP) is -0.0604. The van der Waals surface area contributed by atoms with Crippen molar-refractivity contribution in [2.75, 3.05) is 11.9 Å². The summed E-state index contributed by atoms with van der Waals surface area (Å²) in [6, 6.07) is -0.593. The van der Waals surface area contributed by atoms with E-state index in [1.54, 1.807) is 17.9 Å². The molecule has 1 rings (SSSR count). The second-order valence-corrected chi connectivity index (χ2v) is 4.40. The standard InChI is InChI=1S/C11H18N4O4/c1-4-7-8(5-15(3)14-7)13-10(18)12-6-11(2,19)9(16)17/h5,19H,4,6H2,1-3H3,(H,16,17)(H2,12,13,18). The number of urea groups is 1. The Labute approximate surface area is 110 Å². The molecule has 8 nitrogen and oxygen atoms in total. The van der Waals surface area contributed by atoms with Crippen LogP contribution in [-0.4, -0.2) is 44.1 Å². The van der Waals surface area contributed by atoms with E-state index in [-0.39, 0.29) is 0 Å². The van der Waals surface area contributed by atoms with Gasteiger partial charge in [-0.15, -0.1) is 0 Å². The first kappa shape index (κ1) is 15.0. The Morgan fingerprint density at radius 1 is 1.53 bits per heavy atom. The van der Waals surface area contributed by atoms with Gasteiger partial charge >= 0.3 is 12.0 Å². The Morgan fingerprint density at radius 3 is 2.68 bits per heavy atom. The Balaban J connectivity index is 2.58. The highest BCUT2D eigenvalue weighted by Gasteiger charge is 2.30. The van der Waals surface area contributed by atoms with E-state index < -0.39 is 24.1 Å². The Kier molecular flexibility index (Phi) is 4.49. The van der Waals surface area contributed by atoms with Gasteiger partial charge < -0.3 is 20.8 Å². The number of carboxylic acids is 1. The molecule has 1 atom stereocenters. The maximum Gasteiger partial charge on any atom is 0.337 e. The van der Waals surface area contributed by atoms with Gasteiger partial charge in [0.05, 0.1) is 17.9 Å². The molecular weight excluding hydrogens is 252 g/mol. The summed E-state index contributed by atoms with van der Waals surface area (Å²) in [6.45, 7) is 2.62. The molecule has 0 aromatic carbocycles. The molecule has 2 amide bonds. The number of amides is 2. The third kappa shape index (κ3) is 3.95. The van der Waals surface area contributed by atoms with Crippen LogP contribution in [0.3, 0.4) is 0 Å². The fourth-order valence-corrected chi connectivity index (χ4v) is 1.39. The van der Waals surface area contributed by atoms with Gasteiger partial charge in [0.25, 0.3) is 0 Å². The molecule has 19 heavy (non-hydrogen) atoms. The molecule has 4 N–H and O–H groups in total. The van der Waals surface area contributed by atoms with Crippen LogP contribution >= 0.6 is 0 Å². The summed E-state index contributed by atoms with van der Waals surface area (Å²) in [5.74, 6) is -1.40. The molecule has 0 fully saturated rings. The van der Waals surface area contributed by atoms with Crippen LogP contribution in [0.2, 0.25) is 0 Å². The molecule has 1 aromatic rings. The van der Waals surface area contributed by atoms with Crippen molar-refractivity contribution in [2.24, 2.45) is 7.05 Å². The van der Waals surface area contributed by atoms with Crippen molar-refractivity contribution < 1.29 is 19.8 Å².